The van der Waals surface area contributed by atoms with Crippen LogP contribution >= 0.6 is 0 Å². The Morgan fingerprint density at radius 1 is 0.775 bits per heavy atom. The van der Waals surface area contributed by atoms with E-state index >= 15 is 0 Å². The first-order chi connectivity index (χ1) is 19.1. The summed E-state index contributed by atoms with van der Waals surface area (Å²) in [7, 11) is -7.96. The fourth-order valence-electron chi connectivity index (χ4n) is 4.07. The summed E-state index contributed by atoms with van der Waals surface area (Å²) in [5.41, 5.74) is 1.08. The molecule has 0 bridgehead atoms. The molecule has 2 aromatic rings. The SMILES string of the molecule is CCCCCCCCCCCCc1ccc(OS(=O)(=O)c2ccc(NS(=O)(=O)CC)cc2NS(=O)OCC)cc1. The van der Waals surface area contributed by atoms with Crippen molar-refractivity contribution in [1.29, 1.82) is 0 Å². The summed E-state index contributed by atoms with van der Waals surface area (Å²) in [6.07, 6.45) is 13.6. The van der Waals surface area contributed by atoms with Crippen LogP contribution in [0.1, 0.15) is 90.5 Å². The second-order valence-electron chi connectivity index (χ2n) is 9.57. The lowest BCUT2D eigenvalue weighted by Crippen LogP contribution is -2.17. The monoisotopic (exact) mass is 616 g/mol. The summed E-state index contributed by atoms with van der Waals surface area (Å²) in [5, 5.41) is 0. The summed E-state index contributed by atoms with van der Waals surface area (Å²) in [6, 6.07) is 10.6. The highest BCUT2D eigenvalue weighted by Crippen LogP contribution is 2.29. The Bertz CT molecular complexity index is 1270. The molecule has 0 amide bonds. The van der Waals surface area contributed by atoms with Crippen LogP contribution in [0.25, 0.3) is 0 Å². The number of unbranched alkanes of at least 4 members (excludes halogenated alkanes) is 9. The first kappa shape index (κ1) is 34.1. The van der Waals surface area contributed by atoms with Crippen LogP contribution < -0.4 is 13.6 Å². The van der Waals surface area contributed by atoms with Crippen molar-refractivity contribution < 1.29 is 29.4 Å². The Hall–Kier alpha value is -2.15. The molecule has 0 radical (unpaired) electrons. The number of anilines is 2. The number of rotatable bonds is 21. The van der Waals surface area contributed by atoms with Gasteiger partial charge in [-0.3, -0.25) is 13.6 Å². The summed E-state index contributed by atoms with van der Waals surface area (Å²) in [6.45, 7) is 5.45. The van der Waals surface area contributed by atoms with Crippen LogP contribution in [0, 0.1) is 0 Å². The quantitative estimate of drug-likeness (QED) is 0.118. The molecule has 226 valence electrons. The van der Waals surface area contributed by atoms with Gasteiger partial charge in [0.1, 0.15) is 10.6 Å². The van der Waals surface area contributed by atoms with Crippen molar-refractivity contribution >= 4 is 42.8 Å². The maximum Gasteiger partial charge on any atom is 0.341 e. The van der Waals surface area contributed by atoms with E-state index in [1.165, 1.54) is 82.9 Å². The molecule has 0 fully saturated rings. The minimum Gasteiger partial charge on any atom is -0.379 e. The summed E-state index contributed by atoms with van der Waals surface area (Å²) in [5.74, 6) is -0.0293. The average molecular weight is 617 g/mol. The number of hydrogen-bond donors (Lipinski definition) is 2. The molecule has 0 saturated heterocycles. The van der Waals surface area contributed by atoms with Crippen LogP contribution in [0.15, 0.2) is 47.4 Å². The van der Waals surface area contributed by atoms with E-state index < -0.39 is 31.4 Å². The Balaban J connectivity index is 1.98. The van der Waals surface area contributed by atoms with E-state index in [0.29, 0.717) is 0 Å². The molecule has 2 aromatic carbocycles. The van der Waals surface area contributed by atoms with Gasteiger partial charge in [0.15, 0.2) is 0 Å². The third kappa shape index (κ3) is 12.6. The van der Waals surface area contributed by atoms with E-state index in [2.05, 4.69) is 16.4 Å². The van der Waals surface area contributed by atoms with Crippen LogP contribution in [0.2, 0.25) is 0 Å². The number of aryl methyl sites for hydroxylation is 1. The molecule has 0 aliphatic heterocycles. The van der Waals surface area contributed by atoms with Crippen molar-refractivity contribution in [3.63, 3.8) is 0 Å². The molecule has 0 aromatic heterocycles. The Labute approximate surface area is 243 Å². The third-order valence-corrected chi connectivity index (χ3v) is 9.72. The zero-order chi connectivity index (χ0) is 29.4. The molecule has 0 aliphatic rings. The van der Waals surface area contributed by atoms with Crippen molar-refractivity contribution in [2.24, 2.45) is 0 Å². The highest BCUT2D eigenvalue weighted by Gasteiger charge is 2.23. The summed E-state index contributed by atoms with van der Waals surface area (Å²) < 4.78 is 77.5. The molecule has 0 saturated carbocycles. The number of benzene rings is 2. The van der Waals surface area contributed by atoms with Gasteiger partial charge in [-0.25, -0.2) is 12.6 Å². The van der Waals surface area contributed by atoms with Gasteiger partial charge in [0, 0.05) is 0 Å². The largest absolute Gasteiger partial charge is 0.379 e. The van der Waals surface area contributed by atoms with Crippen LogP contribution in [0.4, 0.5) is 11.4 Å². The van der Waals surface area contributed by atoms with Gasteiger partial charge >= 0.3 is 10.1 Å². The molecule has 2 rings (SSSR count). The number of nitrogens with one attached hydrogen (secondary N) is 2. The van der Waals surface area contributed by atoms with E-state index in [4.69, 9.17) is 8.37 Å². The molecule has 0 spiro atoms. The fourth-order valence-corrected chi connectivity index (χ4v) is 6.45. The molecule has 12 heteroatoms. The van der Waals surface area contributed by atoms with Crippen molar-refractivity contribution in [1.82, 2.24) is 0 Å². The van der Waals surface area contributed by atoms with Crippen LogP contribution in [-0.2, 0) is 42.0 Å². The predicted octanol–water partition coefficient (Wildman–Crippen LogP) is 6.71. The van der Waals surface area contributed by atoms with Gasteiger partial charge in [-0.05, 0) is 62.6 Å². The number of sulfonamides is 1. The highest BCUT2D eigenvalue weighted by molar-refractivity contribution is 7.92. The van der Waals surface area contributed by atoms with E-state index in [-0.39, 0.29) is 34.4 Å². The van der Waals surface area contributed by atoms with Gasteiger partial charge in [0.05, 0.1) is 23.7 Å². The van der Waals surface area contributed by atoms with E-state index in [0.717, 1.165) is 18.4 Å². The lowest BCUT2D eigenvalue weighted by atomic mass is 10.0. The second-order valence-corrected chi connectivity index (χ2v) is 14.0. The molecule has 1 atom stereocenters. The Kier molecular flexibility index (Phi) is 15.0. The molecular formula is C28H44N2O7S3. The third-order valence-electron chi connectivity index (χ3n) is 6.27. The summed E-state index contributed by atoms with van der Waals surface area (Å²) >= 11 is -2.05. The zero-order valence-electron chi connectivity index (χ0n) is 23.8. The second kappa shape index (κ2) is 17.6. The minimum atomic E-state index is -4.35. The molecule has 2 N–H and O–H groups in total. The molecule has 40 heavy (non-hydrogen) atoms. The Morgan fingerprint density at radius 2 is 1.38 bits per heavy atom. The van der Waals surface area contributed by atoms with Gasteiger partial charge in [0.2, 0.25) is 10.0 Å². The highest BCUT2D eigenvalue weighted by atomic mass is 32.2. The van der Waals surface area contributed by atoms with E-state index in [1.54, 1.807) is 19.1 Å². The maximum atomic E-state index is 13.1. The Morgan fingerprint density at radius 3 is 1.95 bits per heavy atom. The van der Waals surface area contributed by atoms with Crippen molar-refractivity contribution in [3.8, 4) is 5.75 Å². The van der Waals surface area contributed by atoms with Crippen molar-refractivity contribution in [3.05, 3.63) is 48.0 Å². The lowest BCUT2D eigenvalue weighted by molar-refractivity contribution is 0.374. The average Bonchev–Trinajstić information content (AvgIpc) is 2.90. The maximum absolute atomic E-state index is 13.1. The summed E-state index contributed by atoms with van der Waals surface area (Å²) in [4.78, 5) is -0.311. The van der Waals surface area contributed by atoms with Gasteiger partial charge in [-0.1, -0.05) is 76.8 Å². The predicted molar refractivity (Wildman–Crippen MR) is 163 cm³/mol. The van der Waals surface area contributed by atoms with Gasteiger partial charge in [-0.15, -0.1) is 0 Å². The van der Waals surface area contributed by atoms with E-state index in [1.807, 2.05) is 12.1 Å². The van der Waals surface area contributed by atoms with Crippen LogP contribution in [0.3, 0.4) is 0 Å². The molecule has 9 nitrogen and oxygen atoms in total. The smallest absolute Gasteiger partial charge is 0.341 e. The first-order valence-electron chi connectivity index (χ1n) is 14.1. The normalized spacial score (nSPS) is 12.7. The first-order valence-corrected chi connectivity index (χ1v) is 18.2. The minimum absolute atomic E-state index is 0.105. The van der Waals surface area contributed by atoms with Gasteiger partial charge in [0.25, 0.3) is 11.3 Å². The number of hydrogen-bond acceptors (Lipinski definition) is 7. The van der Waals surface area contributed by atoms with Gasteiger partial charge < -0.3 is 4.18 Å². The van der Waals surface area contributed by atoms with Crippen LogP contribution in [-0.4, -0.2) is 33.4 Å². The van der Waals surface area contributed by atoms with Crippen molar-refractivity contribution in [2.75, 3.05) is 21.8 Å². The zero-order valence-corrected chi connectivity index (χ0v) is 26.3. The molecule has 1 unspecified atom stereocenters. The molecule has 0 aliphatic carbocycles. The standard InChI is InChI=1S/C28H44N2O7S3/c1-4-7-8-9-10-11-12-13-14-15-16-24-17-20-26(21-18-24)37-40(34,35)28-22-19-25(30-39(32,33)6-3)23-27(28)29-38(31)36-5-2/h17-23,29-30H,4-16H2,1-3H3. The molecule has 0 heterocycles. The molecular weight excluding hydrogens is 573 g/mol. The van der Waals surface area contributed by atoms with Gasteiger partial charge in [-0.2, -0.15) is 8.42 Å². The topological polar surface area (TPSA) is 128 Å². The van der Waals surface area contributed by atoms with Crippen molar-refractivity contribution in [2.45, 2.75) is 96.3 Å². The lowest BCUT2D eigenvalue weighted by Gasteiger charge is -2.15. The van der Waals surface area contributed by atoms with Crippen LogP contribution in [0.5, 0.6) is 5.75 Å². The van der Waals surface area contributed by atoms with E-state index in [9.17, 15) is 21.0 Å². The fraction of sp³-hybridized carbons (Fsp3) is 0.571.